The Morgan fingerprint density at radius 1 is 1.28 bits per heavy atom. The third-order valence-electron chi connectivity index (χ3n) is 4.51. The van der Waals surface area contributed by atoms with Crippen molar-refractivity contribution in [2.75, 3.05) is 19.7 Å². The summed E-state index contributed by atoms with van der Waals surface area (Å²) in [7, 11) is 0. The minimum Gasteiger partial charge on any atom is -0.461 e. The van der Waals surface area contributed by atoms with Crippen LogP contribution in [0.3, 0.4) is 0 Å². The molecule has 1 aliphatic rings. The summed E-state index contributed by atoms with van der Waals surface area (Å²) >= 11 is 0. The van der Waals surface area contributed by atoms with Crippen molar-refractivity contribution in [1.82, 2.24) is 10.2 Å². The maximum absolute atomic E-state index is 12.6. The lowest BCUT2D eigenvalue weighted by molar-refractivity contribution is -0.147. The maximum atomic E-state index is 12.6. The molecule has 1 aliphatic heterocycles. The Hall–Kier alpha value is -2.12. The molecule has 1 heterocycles. The van der Waals surface area contributed by atoms with Crippen LogP contribution in [0, 0.1) is 0 Å². The zero-order valence-electron chi connectivity index (χ0n) is 18.4. The predicted octanol–water partition coefficient (Wildman–Crippen LogP) is 3.12. The van der Waals surface area contributed by atoms with E-state index in [1.807, 2.05) is 71.9 Å². The second kappa shape index (κ2) is 9.59. The summed E-state index contributed by atoms with van der Waals surface area (Å²) in [6, 6.07) is 9.68. The van der Waals surface area contributed by atoms with E-state index in [1.165, 1.54) is 0 Å². The number of nitrogens with zero attached hydrogens (tertiary/aromatic N) is 1. The Balaban J connectivity index is 1.80. The third-order valence-corrected chi connectivity index (χ3v) is 4.51. The van der Waals surface area contributed by atoms with Gasteiger partial charge in [-0.05, 0) is 47.1 Å². The van der Waals surface area contributed by atoms with E-state index in [-0.39, 0.29) is 24.7 Å². The number of nitrogens with one attached hydrogen (secondary N) is 1. The van der Waals surface area contributed by atoms with Crippen molar-refractivity contribution in [2.45, 2.75) is 71.4 Å². The van der Waals surface area contributed by atoms with E-state index in [0.717, 1.165) is 5.56 Å². The molecule has 29 heavy (non-hydrogen) atoms. The highest BCUT2D eigenvalue weighted by molar-refractivity contribution is 5.72. The molecule has 1 fully saturated rings. The molecular weight excluding hydrogens is 372 g/mol. The Morgan fingerprint density at radius 2 is 1.93 bits per heavy atom. The third kappa shape index (κ3) is 7.33. The molecule has 1 aromatic rings. The van der Waals surface area contributed by atoms with Crippen LogP contribution in [0.5, 0.6) is 0 Å². The van der Waals surface area contributed by atoms with Crippen molar-refractivity contribution in [3.8, 4) is 0 Å². The number of rotatable bonds is 7. The Labute approximate surface area is 173 Å². The van der Waals surface area contributed by atoms with Crippen LogP contribution in [-0.2, 0) is 25.4 Å². The van der Waals surface area contributed by atoms with Crippen molar-refractivity contribution in [2.24, 2.45) is 0 Å². The first kappa shape index (κ1) is 23.2. The molecule has 7 nitrogen and oxygen atoms in total. The highest BCUT2D eigenvalue weighted by atomic mass is 16.6. The molecule has 1 aromatic carbocycles. The van der Waals surface area contributed by atoms with Gasteiger partial charge in [0.25, 0.3) is 0 Å². The van der Waals surface area contributed by atoms with Gasteiger partial charge >= 0.3 is 12.1 Å². The molecular formula is C22H34N2O5. The normalized spacial score (nSPS) is 19.7. The number of carbonyl (C=O) groups excluding carboxylic acids is 2. The first-order chi connectivity index (χ1) is 13.5. The van der Waals surface area contributed by atoms with Crippen molar-refractivity contribution < 1.29 is 23.8 Å². The van der Waals surface area contributed by atoms with Crippen LogP contribution in [0.25, 0.3) is 0 Å². The lowest BCUT2D eigenvalue weighted by atomic mass is 10.1. The van der Waals surface area contributed by atoms with Gasteiger partial charge in [-0.15, -0.1) is 0 Å². The van der Waals surface area contributed by atoms with Crippen LogP contribution in [0.15, 0.2) is 30.3 Å². The average Bonchev–Trinajstić information content (AvgIpc) is 2.88. The number of hydrogen-bond donors (Lipinski definition) is 1. The molecule has 0 aromatic heterocycles. The van der Waals surface area contributed by atoms with E-state index in [0.29, 0.717) is 19.6 Å². The van der Waals surface area contributed by atoms with E-state index in [9.17, 15) is 9.59 Å². The smallest absolute Gasteiger partial charge is 0.412 e. The fourth-order valence-corrected chi connectivity index (χ4v) is 3.31. The monoisotopic (exact) mass is 406 g/mol. The van der Waals surface area contributed by atoms with Crippen LogP contribution in [0.1, 0.15) is 47.1 Å². The molecule has 2 rings (SSSR count). The Morgan fingerprint density at radius 3 is 2.55 bits per heavy atom. The number of esters is 1. The van der Waals surface area contributed by atoms with Gasteiger partial charge in [0.15, 0.2) is 0 Å². The lowest BCUT2D eigenvalue weighted by Crippen LogP contribution is -2.52. The van der Waals surface area contributed by atoms with Crippen molar-refractivity contribution in [3.63, 3.8) is 0 Å². The lowest BCUT2D eigenvalue weighted by Gasteiger charge is -2.35. The second-order valence-electron chi connectivity index (χ2n) is 8.88. The fraction of sp³-hybridized carbons (Fsp3) is 0.636. The van der Waals surface area contributed by atoms with Crippen LogP contribution >= 0.6 is 0 Å². The largest absolute Gasteiger partial charge is 0.461 e. The number of ether oxygens (including phenoxy) is 3. The number of carbonyl (C=O) groups is 2. The van der Waals surface area contributed by atoms with Crippen molar-refractivity contribution >= 4 is 12.1 Å². The molecule has 0 saturated carbocycles. The quantitative estimate of drug-likeness (QED) is 0.701. The molecule has 0 radical (unpaired) electrons. The van der Waals surface area contributed by atoms with Gasteiger partial charge in [0.05, 0.1) is 19.2 Å². The van der Waals surface area contributed by atoms with E-state index < -0.39 is 17.4 Å². The summed E-state index contributed by atoms with van der Waals surface area (Å²) in [6.45, 7) is 11.9. The molecule has 7 heteroatoms. The topological polar surface area (TPSA) is 77.1 Å². The zero-order chi connectivity index (χ0) is 21.7. The van der Waals surface area contributed by atoms with Crippen LogP contribution in [0.2, 0.25) is 0 Å². The Kier molecular flexibility index (Phi) is 7.66. The SMILES string of the molecule is CC(Cc1ccccc1)OC(=O)CNCC1COC(C)(C)N1C(=O)OC(C)(C)C. The van der Waals surface area contributed by atoms with Gasteiger partial charge in [0.2, 0.25) is 0 Å². The van der Waals surface area contributed by atoms with E-state index in [4.69, 9.17) is 14.2 Å². The predicted molar refractivity (Wildman–Crippen MR) is 110 cm³/mol. The summed E-state index contributed by atoms with van der Waals surface area (Å²) in [4.78, 5) is 26.3. The number of amides is 1. The van der Waals surface area contributed by atoms with Gasteiger partial charge in [-0.2, -0.15) is 0 Å². The molecule has 0 bridgehead atoms. The van der Waals surface area contributed by atoms with Gasteiger partial charge in [0.1, 0.15) is 17.4 Å². The van der Waals surface area contributed by atoms with Gasteiger partial charge in [-0.1, -0.05) is 30.3 Å². The number of hydrogen-bond acceptors (Lipinski definition) is 6. The van der Waals surface area contributed by atoms with Gasteiger partial charge in [-0.3, -0.25) is 9.69 Å². The highest BCUT2D eigenvalue weighted by Crippen LogP contribution is 2.29. The van der Waals surface area contributed by atoms with Crippen LogP contribution in [0.4, 0.5) is 4.79 Å². The Bertz CT molecular complexity index is 684. The molecule has 162 valence electrons. The molecule has 0 aliphatic carbocycles. The molecule has 0 spiro atoms. The molecule has 2 unspecified atom stereocenters. The van der Waals surface area contributed by atoms with Gasteiger partial charge in [-0.25, -0.2) is 4.79 Å². The van der Waals surface area contributed by atoms with Gasteiger partial charge < -0.3 is 19.5 Å². The van der Waals surface area contributed by atoms with Gasteiger partial charge in [0, 0.05) is 13.0 Å². The summed E-state index contributed by atoms with van der Waals surface area (Å²) in [6.07, 6.45) is 0.0356. The minimum atomic E-state index is -0.764. The van der Waals surface area contributed by atoms with Crippen LogP contribution < -0.4 is 5.32 Å². The summed E-state index contributed by atoms with van der Waals surface area (Å²) in [5.74, 6) is -0.324. The summed E-state index contributed by atoms with van der Waals surface area (Å²) in [5, 5.41) is 3.08. The van der Waals surface area contributed by atoms with Crippen LogP contribution in [-0.4, -0.2) is 60.1 Å². The molecule has 1 amide bonds. The maximum Gasteiger partial charge on any atom is 0.412 e. The van der Waals surface area contributed by atoms with E-state index in [1.54, 1.807) is 4.90 Å². The van der Waals surface area contributed by atoms with E-state index in [2.05, 4.69) is 5.32 Å². The molecule has 1 saturated heterocycles. The first-order valence-electron chi connectivity index (χ1n) is 10.1. The second-order valence-corrected chi connectivity index (χ2v) is 8.88. The summed E-state index contributed by atoms with van der Waals surface area (Å²) < 4.78 is 16.7. The van der Waals surface area contributed by atoms with E-state index >= 15 is 0 Å². The average molecular weight is 407 g/mol. The zero-order valence-corrected chi connectivity index (χ0v) is 18.4. The first-order valence-corrected chi connectivity index (χ1v) is 10.1. The molecule has 2 atom stereocenters. The van der Waals surface area contributed by atoms with Crippen molar-refractivity contribution in [1.29, 1.82) is 0 Å². The minimum absolute atomic E-state index is 0.0677. The molecule has 1 N–H and O–H groups in total. The van der Waals surface area contributed by atoms with Crippen molar-refractivity contribution in [3.05, 3.63) is 35.9 Å². The number of benzene rings is 1. The standard InChI is InChI=1S/C22H34N2O5/c1-16(12-17-10-8-7-9-11-17)28-19(25)14-23-13-18-15-27-22(5,6)24(18)20(26)29-21(2,3)4/h7-11,16,18,23H,12-15H2,1-6H3. The summed E-state index contributed by atoms with van der Waals surface area (Å²) in [5.41, 5.74) is -0.231. The highest BCUT2D eigenvalue weighted by Gasteiger charge is 2.45. The fourth-order valence-electron chi connectivity index (χ4n) is 3.31.